The van der Waals surface area contributed by atoms with Gasteiger partial charge in [-0.3, -0.25) is 4.90 Å². The lowest BCUT2D eigenvalue weighted by Gasteiger charge is -2.19. The maximum Gasteiger partial charge on any atom is 0.408 e. The highest BCUT2D eigenvalue weighted by atomic mass is 32.2. The fourth-order valence-corrected chi connectivity index (χ4v) is 2.17. The van der Waals surface area contributed by atoms with Crippen LogP contribution in [0.2, 0.25) is 0 Å². The highest BCUT2D eigenvalue weighted by molar-refractivity contribution is 7.99. The summed E-state index contributed by atoms with van der Waals surface area (Å²) in [5.41, 5.74) is 5.31. The first kappa shape index (κ1) is 8.67. The van der Waals surface area contributed by atoms with E-state index in [0.717, 1.165) is 12.8 Å². The molecule has 11 heavy (non-hydrogen) atoms. The average molecular weight is 176 g/mol. The summed E-state index contributed by atoms with van der Waals surface area (Å²) in [6.07, 6.45) is 1.08. The topological polar surface area (TPSA) is 66.6 Å². The molecule has 3 N–H and O–H groups in total. The van der Waals surface area contributed by atoms with Gasteiger partial charge in [-0.2, -0.15) is 0 Å². The zero-order chi connectivity index (χ0) is 8.27. The van der Waals surface area contributed by atoms with Crippen molar-refractivity contribution < 1.29 is 9.90 Å². The Morgan fingerprint density at radius 3 is 3.09 bits per heavy atom. The number of hydrogen-bond donors (Lipinski definition) is 2. The molecule has 1 aliphatic heterocycles. The molecule has 0 aromatic rings. The van der Waals surface area contributed by atoms with E-state index in [-0.39, 0.29) is 5.37 Å². The summed E-state index contributed by atoms with van der Waals surface area (Å²) in [5.74, 6) is 0.494. The molecule has 0 bridgehead atoms. The van der Waals surface area contributed by atoms with E-state index in [0.29, 0.717) is 12.4 Å². The highest BCUT2D eigenvalue weighted by Crippen LogP contribution is 2.25. The summed E-state index contributed by atoms with van der Waals surface area (Å²) in [6, 6.07) is 0. The summed E-state index contributed by atoms with van der Waals surface area (Å²) >= 11 is 1.50. The molecule has 0 radical (unpaired) electrons. The molecule has 1 rings (SSSR count). The summed E-state index contributed by atoms with van der Waals surface area (Å²) in [5, 5.41) is 8.78. The maximum atomic E-state index is 10.6. The third kappa shape index (κ3) is 2.00. The zero-order valence-electron chi connectivity index (χ0n) is 6.19. The van der Waals surface area contributed by atoms with Crippen LogP contribution in [0, 0.1) is 0 Å². The fourth-order valence-electron chi connectivity index (χ4n) is 1.24. The van der Waals surface area contributed by atoms with Gasteiger partial charge in [-0.1, -0.05) is 0 Å². The average Bonchev–Trinajstić information content (AvgIpc) is 2.36. The van der Waals surface area contributed by atoms with E-state index in [1.165, 1.54) is 16.7 Å². The van der Waals surface area contributed by atoms with Crippen LogP contribution in [0.1, 0.15) is 12.8 Å². The van der Waals surface area contributed by atoms with Gasteiger partial charge in [0, 0.05) is 12.4 Å². The van der Waals surface area contributed by atoms with Crippen molar-refractivity contribution in [1.29, 1.82) is 0 Å². The second-order valence-electron chi connectivity index (χ2n) is 2.41. The molecule has 1 saturated heterocycles. The van der Waals surface area contributed by atoms with Crippen LogP contribution >= 0.6 is 11.8 Å². The molecule has 1 amide bonds. The number of rotatable bonds is 2. The molecule has 0 aromatic heterocycles. The van der Waals surface area contributed by atoms with E-state index in [9.17, 15) is 4.79 Å². The second-order valence-corrected chi connectivity index (χ2v) is 3.62. The van der Waals surface area contributed by atoms with Gasteiger partial charge >= 0.3 is 6.09 Å². The Kier molecular flexibility index (Phi) is 3.02. The zero-order valence-corrected chi connectivity index (χ0v) is 7.01. The predicted octanol–water partition coefficient (Wildman–Crippen LogP) is 0.736. The monoisotopic (exact) mass is 176 g/mol. The van der Waals surface area contributed by atoms with Gasteiger partial charge < -0.3 is 10.8 Å². The van der Waals surface area contributed by atoms with E-state index in [2.05, 4.69) is 0 Å². The fraction of sp³-hybridized carbons (Fsp3) is 0.833. The molecule has 0 unspecified atom stereocenters. The predicted molar refractivity (Wildman–Crippen MR) is 44.4 cm³/mol. The Hall–Kier alpha value is -0.420. The van der Waals surface area contributed by atoms with Crippen LogP contribution < -0.4 is 5.73 Å². The van der Waals surface area contributed by atoms with Crippen LogP contribution in [0.3, 0.4) is 0 Å². The number of likely N-dealkylation sites (tertiary alicyclic amines) is 1. The van der Waals surface area contributed by atoms with Crippen molar-refractivity contribution in [2.24, 2.45) is 5.73 Å². The number of carboxylic acid groups (broad SMARTS) is 1. The van der Waals surface area contributed by atoms with E-state index >= 15 is 0 Å². The van der Waals surface area contributed by atoms with Crippen molar-refractivity contribution in [2.75, 3.05) is 12.4 Å². The van der Waals surface area contributed by atoms with Gasteiger partial charge in [-0.15, -0.1) is 11.8 Å². The lowest BCUT2D eigenvalue weighted by Crippen LogP contribution is -2.32. The number of thioether (sulfide) groups is 1. The minimum atomic E-state index is -0.826. The first-order valence-corrected chi connectivity index (χ1v) is 4.62. The van der Waals surface area contributed by atoms with Crippen molar-refractivity contribution in [3.8, 4) is 0 Å². The molecular formula is C6H12N2O2S. The van der Waals surface area contributed by atoms with Crippen molar-refractivity contribution in [2.45, 2.75) is 18.2 Å². The van der Waals surface area contributed by atoms with Crippen LogP contribution in [0.25, 0.3) is 0 Å². The molecule has 0 spiro atoms. The largest absolute Gasteiger partial charge is 0.465 e. The van der Waals surface area contributed by atoms with Gasteiger partial charge in [0.25, 0.3) is 0 Å². The molecule has 4 nitrogen and oxygen atoms in total. The molecule has 64 valence electrons. The van der Waals surface area contributed by atoms with E-state index in [4.69, 9.17) is 10.8 Å². The van der Waals surface area contributed by atoms with E-state index in [1.54, 1.807) is 0 Å². The third-order valence-corrected chi connectivity index (χ3v) is 2.80. The lowest BCUT2D eigenvalue weighted by atomic mass is 10.4. The normalized spacial score (nSPS) is 24.1. The van der Waals surface area contributed by atoms with Gasteiger partial charge in [0.15, 0.2) is 0 Å². The Labute approximate surface area is 69.7 Å². The molecule has 0 saturated carbocycles. The van der Waals surface area contributed by atoms with Crippen molar-refractivity contribution >= 4 is 17.9 Å². The number of hydrogen-bond acceptors (Lipinski definition) is 3. The molecule has 0 aromatic carbocycles. The quantitative estimate of drug-likeness (QED) is 0.609. The number of amides is 1. The smallest absolute Gasteiger partial charge is 0.408 e. The molecule has 1 heterocycles. The van der Waals surface area contributed by atoms with Crippen LogP contribution in [-0.2, 0) is 0 Å². The van der Waals surface area contributed by atoms with Gasteiger partial charge in [0.1, 0.15) is 0 Å². The Morgan fingerprint density at radius 1 is 1.82 bits per heavy atom. The first-order valence-electron chi connectivity index (χ1n) is 3.57. The lowest BCUT2D eigenvalue weighted by molar-refractivity contribution is 0.152. The first-order chi connectivity index (χ1) is 5.25. The standard InChI is InChI=1S/C6H12N2O2S/c7-4-11-5-2-1-3-8(5)6(9)10/h5H,1-4,7H2,(H,9,10)/t5-/m0/s1. The van der Waals surface area contributed by atoms with Crippen molar-refractivity contribution in [3.63, 3.8) is 0 Å². The van der Waals surface area contributed by atoms with Gasteiger partial charge in [0.05, 0.1) is 5.37 Å². The molecular weight excluding hydrogens is 164 g/mol. The summed E-state index contributed by atoms with van der Waals surface area (Å²) in [4.78, 5) is 12.0. The van der Waals surface area contributed by atoms with E-state index in [1.807, 2.05) is 0 Å². The number of carbonyl (C=O) groups is 1. The van der Waals surface area contributed by atoms with Crippen molar-refractivity contribution in [3.05, 3.63) is 0 Å². The number of nitrogens with two attached hydrogens (primary N) is 1. The molecule has 1 fully saturated rings. The van der Waals surface area contributed by atoms with Gasteiger partial charge in [-0.25, -0.2) is 4.79 Å². The van der Waals surface area contributed by atoms with Crippen LogP contribution in [-0.4, -0.2) is 33.9 Å². The molecule has 5 heteroatoms. The molecule has 1 aliphatic rings. The van der Waals surface area contributed by atoms with Crippen LogP contribution in [0.15, 0.2) is 0 Å². The molecule has 1 atom stereocenters. The number of nitrogens with zero attached hydrogens (tertiary/aromatic N) is 1. The van der Waals surface area contributed by atoms with Gasteiger partial charge in [-0.05, 0) is 12.8 Å². The minimum Gasteiger partial charge on any atom is -0.465 e. The Bertz CT molecular complexity index is 154. The van der Waals surface area contributed by atoms with Crippen LogP contribution in [0.4, 0.5) is 4.79 Å². The second kappa shape index (κ2) is 3.82. The third-order valence-electron chi connectivity index (χ3n) is 1.73. The summed E-state index contributed by atoms with van der Waals surface area (Å²) in [7, 11) is 0. The molecule has 0 aliphatic carbocycles. The maximum absolute atomic E-state index is 10.6. The summed E-state index contributed by atoms with van der Waals surface area (Å²) < 4.78 is 0. The van der Waals surface area contributed by atoms with Gasteiger partial charge in [0.2, 0.25) is 0 Å². The minimum absolute atomic E-state index is 0.0949. The SMILES string of the molecule is NCS[C@H]1CCCN1C(=O)O. The highest BCUT2D eigenvalue weighted by Gasteiger charge is 2.27. The van der Waals surface area contributed by atoms with E-state index < -0.39 is 6.09 Å². The summed E-state index contributed by atoms with van der Waals surface area (Å²) in [6.45, 7) is 0.660. The van der Waals surface area contributed by atoms with Crippen LogP contribution in [0.5, 0.6) is 0 Å². The van der Waals surface area contributed by atoms with Crippen molar-refractivity contribution in [1.82, 2.24) is 4.90 Å². The Morgan fingerprint density at radius 2 is 2.55 bits per heavy atom. The Balaban J connectivity index is 2.44.